The lowest BCUT2D eigenvalue weighted by molar-refractivity contribution is 0.0942. The molecule has 2 bridgehead atoms. The third kappa shape index (κ3) is 2.66. The minimum atomic E-state index is 0.226. The minimum absolute atomic E-state index is 0.226. The average molecular weight is 259 g/mol. The highest BCUT2D eigenvalue weighted by molar-refractivity contribution is 5.98. The van der Waals surface area contributed by atoms with Crippen molar-refractivity contribution in [1.29, 1.82) is 0 Å². The Bertz CT molecular complexity index is 460. The second-order valence-corrected chi connectivity index (χ2v) is 5.80. The molecule has 2 unspecified atom stereocenters. The van der Waals surface area contributed by atoms with Gasteiger partial charge in [-0.2, -0.15) is 0 Å². The Morgan fingerprint density at radius 1 is 1.26 bits per heavy atom. The fourth-order valence-electron chi connectivity index (χ4n) is 3.59. The first-order valence-corrected chi connectivity index (χ1v) is 7.18. The normalized spacial score (nSPS) is 29.2. The molecule has 2 aliphatic rings. The number of hydrogen-bond donors (Lipinski definition) is 1. The summed E-state index contributed by atoms with van der Waals surface area (Å²) < 4.78 is 5.28. The van der Waals surface area contributed by atoms with Gasteiger partial charge in [-0.25, -0.2) is 0 Å². The molecular weight excluding hydrogens is 238 g/mol. The third-order valence-corrected chi connectivity index (χ3v) is 4.45. The van der Waals surface area contributed by atoms with Crippen LogP contribution in [0.25, 0.3) is 0 Å². The van der Waals surface area contributed by atoms with E-state index in [0.29, 0.717) is 30.2 Å². The van der Waals surface area contributed by atoms with E-state index in [1.165, 1.54) is 12.8 Å². The van der Waals surface area contributed by atoms with Crippen molar-refractivity contribution in [3.05, 3.63) is 29.8 Å². The number of Topliss-reactive ketones (excluding diaryl/α,β-unsaturated/α-hetero) is 1. The Morgan fingerprint density at radius 3 is 2.63 bits per heavy atom. The molecule has 3 rings (SSSR count). The molecule has 0 spiro atoms. The van der Waals surface area contributed by atoms with Crippen molar-refractivity contribution in [2.45, 2.75) is 44.2 Å². The van der Waals surface area contributed by atoms with E-state index in [1.54, 1.807) is 7.11 Å². The maximum absolute atomic E-state index is 12.4. The lowest BCUT2D eigenvalue weighted by Crippen LogP contribution is -2.38. The van der Waals surface area contributed by atoms with Gasteiger partial charge in [0.25, 0.3) is 0 Å². The predicted octanol–water partition coefficient (Wildman–Crippen LogP) is 2.80. The van der Waals surface area contributed by atoms with Crippen LogP contribution in [0.1, 0.15) is 42.5 Å². The lowest BCUT2D eigenvalue weighted by Gasteiger charge is -2.28. The molecule has 1 N–H and O–H groups in total. The molecule has 3 heteroatoms. The summed E-state index contributed by atoms with van der Waals surface area (Å²) in [5.74, 6) is 1.46. The summed E-state index contributed by atoms with van der Waals surface area (Å²) in [6.07, 6.45) is 5.53. The van der Waals surface area contributed by atoms with Gasteiger partial charge in [0.05, 0.1) is 12.7 Å². The average Bonchev–Trinajstić information content (AvgIpc) is 2.78. The van der Waals surface area contributed by atoms with Crippen molar-refractivity contribution in [3.8, 4) is 5.75 Å². The molecule has 0 radical (unpaired) electrons. The van der Waals surface area contributed by atoms with Crippen LogP contribution in [0, 0.1) is 5.92 Å². The fraction of sp³-hybridized carbons (Fsp3) is 0.562. The molecule has 0 aromatic heterocycles. The van der Waals surface area contributed by atoms with Crippen LogP contribution >= 0.6 is 0 Å². The van der Waals surface area contributed by atoms with Crippen molar-refractivity contribution in [1.82, 2.24) is 5.32 Å². The van der Waals surface area contributed by atoms with Crippen molar-refractivity contribution in [2.75, 3.05) is 7.11 Å². The molecule has 3 nitrogen and oxygen atoms in total. The van der Waals surface area contributed by atoms with E-state index < -0.39 is 0 Å². The van der Waals surface area contributed by atoms with E-state index in [1.807, 2.05) is 24.3 Å². The molecule has 0 aliphatic carbocycles. The quantitative estimate of drug-likeness (QED) is 0.845. The van der Waals surface area contributed by atoms with E-state index in [2.05, 4.69) is 5.32 Å². The number of fused-ring (bicyclic) bond motifs is 2. The maximum atomic E-state index is 12.4. The summed E-state index contributed by atoms with van der Waals surface area (Å²) in [5.41, 5.74) is 0.732. The van der Waals surface area contributed by atoms with Gasteiger partial charge in [-0.05, 0) is 43.7 Å². The van der Waals surface area contributed by atoms with Gasteiger partial charge in [0.1, 0.15) is 5.75 Å². The topological polar surface area (TPSA) is 38.3 Å². The van der Waals surface area contributed by atoms with E-state index in [9.17, 15) is 4.79 Å². The second kappa shape index (κ2) is 5.33. The highest BCUT2D eigenvalue weighted by Gasteiger charge is 2.34. The van der Waals surface area contributed by atoms with Gasteiger partial charge in [0, 0.05) is 18.5 Å². The monoisotopic (exact) mass is 259 g/mol. The Hall–Kier alpha value is -1.35. The Labute approximate surface area is 114 Å². The molecule has 0 amide bonds. The summed E-state index contributed by atoms with van der Waals surface area (Å²) in [7, 11) is 1.62. The SMILES string of the molecule is COc1ccccc1C(=O)CC1CC2CCC(C1)N2. The zero-order chi connectivity index (χ0) is 13.2. The van der Waals surface area contributed by atoms with Crippen LogP contribution in [0.2, 0.25) is 0 Å². The summed E-state index contributed by atoms with van der Waals surface area (Å²) in [6.45, 7) is 0. The van der Waals surface area contributed by atoms with Crippen LogP contribution in [-0.2, 0) is 0 Å². The lowest BCUT2D eigenvalue weighted by atomic mass is 9.87. The highest BCUT2D eigenvalue weighted by atomic mass is 16.5. The van der Waals surface area contributed by atoms with Crippen LogP contribution in [0.3, 0.4) is 0 Å². The van der Waals surface area contributed by atoms with E-state index in [4.69, 9.17) is 4.74 Å². The van der Waals surface area contributed by atoms with Crippen LogP contribution in [0.5, 0.6) is 5.75 Å². The van der Waals surface area contributed by atoms with E-state index >= 15 is 0 Å². The zero-order valence-electron chi connectivity index (χ0n) is 11.4. The Morgan fingerprint density at radius 2 is 1.95 bits per heavy atom. The molecular formula is C16H21NO2. The number of piperidine rings is 1. The molecule has 1 aromatic rings. The van der Waals surface area contributed by atoms with Gasteiger partial charge in [0.2, 0.25) is 0 Å². The number of rotatable bonds is 4. The Kier molecular flexibility index (Phi) is 3.56. The van der Waals surface area contributed by atoms with Crippen LogP contribution in [0.4, 0.5) is 0 Å². The number of hydrogen-bond acceptors (Lipinski definition) is 3. The highest BCUT2D eigenvalue weighted by Crippen LogP contribution is 2.34. The molecule has 2 atom stereocenters. The molecule has 2 saturated heterocycles. The van der Waals surface area contributed by atoms with Crippen molar-refractivity contribution in [2.24, 2.45) is 5.92 Å². The van der Waals surface area contributed by atoms with Gasteiger partial charge in [-0.1, -0.05) is 12.1 Å². The number of ketones is 1. The number of benzene rings is 1. The standard InChI is InChI=1S/C16H21NO2/c1-19-16-5-3-2-4-14(16)15(18)10-11-8-12-6-7-13(9-11)17-12/h2-5,11-13,17H,6-10H2,1H3. The first-order chi connectivity index (χ1) is 9.26. The first-order valence-electron chi connectivity index (χ1n) is 7.18. The van der Waals surface area contributed by atoms with Gasteiger partial charge in [-0.15, -0.1) is 0 Å². The molecule has 19 heavy (non-hydrogen) atoms. The predicted molar refractivity (Wildman–Crippen MR) is 74.6 cm³/mol. The fourth-order valence-corrected chi connectivity index (χ4v) is 3.59. The zero-order valence-corrected chi connectivity index (χ0v) is 11.4. The number of carbonyl (C=O) groups excluding carboxylic acids is 1. The van der Waals surface area contributed by atoms with Crippen molar-refractivity contribution in [3.63, 3.8) is 0 Å². The van der Waals surface area contributed by atoms with Gasteiger partial charge < -0.3 is 10.1 Å². The van der Waals surface area contributed by atoms with Crippen molar-refractivity contribution >= 4 is 5.78 Å². The molecule has 2 aliphatic heterocycles. The van der Waals surface area contributed by atoms with Gasteiger partial charge in [-0.3, -0.25) is 4.79 Å². The number of methoxy groups -OCH3 is 1. The number of ether oxygens (including phenoxy) is 1. The molecule has 102 valence electrons. The van der Waals surface area contributed by atoms with Crippen LogP contribution in [-0.4, -0.2) is 25.0 Å². The second-order valence-electron chi connectivity index (χ2n) is 5.80. The molecule has 2 heterocycles. The Balaban J connectivity index is 1.68. The number of carbonyl (C=O) groups is 1. The summed E-state index contributed by atoms with van der Waals surface area (Å²) in [4.78, 5) is 12.4. The smallest absolute Gasteiger partial charge is 0.166 e. The molecule has 0 saturated carbocycles. The third-order valence-electron chi connectivity index (χ3n) is 4.45. The molecule has 1 aromatic carbocycles. The van der Waals surface area contributed by atoms with Crippen molar-refractivity contribution < 1.29 is 9.53 Å². The summed E-state index contributed by atoms with van der Waals surface area (Å²) in [5, 5.41) is 3.62. The van der Waals surface area contributed by atoms with Crippen LogP contribution < -0.4 is 10.1 Å². The first kappa shape index (κ1) is 12.7. The van der Waals surface area contributed by atoms with E-state index in [-0.39, 0.29) is 5.78 Å². The van der Waals surface area contributed by atoms with Gasteiger partial charge >= 0.3 is 0 Å². The maximum Gasteiger partial charge on any atom is 0.166 e. The van der Waals surface area contributed by atoms with Crippen LogP contribution in [0.15, 0.2) is 24.3 Å². The number of nitrogens with one attached hydrogen (secondary N) is 1. The largest absolute Gasteiger partial charge is 0.496 e. The number of para-hydroxylation sites is 1. The molecule has 2 fully saturated rings. The minimum Gasteiger partial charge on any atom is -0.496 e. The van der Waals surface area contributed by atoms with E-state index in [0.717, 1.165) is 18.4 Å². The summed E-state index contributed by atoms with van der Waals surface area (Å²) in [6, 6.07) is 8.83. The van der Waals surface area contributed by atoms with Gasteiger partial charge in [0.15, 0.2) is 5.78 Å². The summed E-state index contributed by atoms with van der Waals surface area (Å²) >= 11 is 0.